The van der Waals surface area contributed by atoms with Gasteiger partial charge in [-0.05, 0) is 105 Å². The highest BCUT2D eigenvalue weighted by atomic mass is 16.5. The summed E-state index contributed by atoms with van der Waals surface area (Å²) in [5.41, 5.74) is 0.130. The van der Waals surface area contributed by atoms with E-state index in [-0.39, 0.29) is 34.9 Å². The number of rotatable bonds is 5. The number of hydrogen-bond donors (Lipinski definition) is 2. The predicted octanol–water partition coefficient (Wildman–Crippen LogP) is 4.61. The van der Waals surface area contributed by atoms with E-state index in [4.69, 9.17) is 4.74 Å². The van der Waals surface area contributed by atoms with Gasteiger partial charge in [-0.3, -0.25) is 0 Å². The zero-order chi connectivity index (χ0) is 21.8. The van der Waals surface area contributed by atoms with Gasteiger partial charge in [-0.2, -0.15) is 0 Å². The van der Waals surface area contributed by atoms with Crippen molar-refractivity contribution in [3.05, 3.63) is 0 Å². The van der Waals surface area contributed by atoms with Crippen LogP contribution < -0.4 is 0 Å². The van der Waals surface area contributed by atoms with E-state index in [0.717, 1.165) is 44.9 Å². The summed E-state index contributed by atoms with van der Waals surface area (Å²) in [5.74, 6) is 3.19. The Kier molecular flexibility index (Phi) is 6.18. The van der Waals surface area contributed by atoms with Gasteiger partial charge in [-0.15, -0.1) is 0 Å². The molecule has 4 saturated carbocycles. The lowest BCUT2D eigenvalue weighted by Crippen LogP contribution is -2.62. The topological polar surface area (TPSA) is 66.8 Å². The first kappa shape index (κ1) is 22.7. The van der Waals surface area contributed by atoms with Crippen LogP contribution in [0, 0.1) is 46.3 Å². The number of ether oxygens (including phenoxy) is 1. The molecule has 4 rings (SSSR count). The molecule has 0 aromatic heterocycles. The molecule has 0 spiro atoms. The summed E-state index contributed by atoms with van der Waals surface area (Å²) in [6.07, 6.45) is 8.51. The van der Waals surface area contributed by atoms with Crippen LogP contribution in [0.3, 0.4) is 0 Å². The van der Waals surface area contributed by atoms with Crippen molar-refractivity contribution in [2.24, 2.45) is 46.3 Å². The minimum absolute atomic E-state index is 0.0778. The molecule has 2 N–H and O–H groups in total. The zero-order valence-corrected chi connectivity index (χ0v) is 19.8. The molecule has 172 valence electrons. The van der Waals surface area contributed by atoms with Crippen LogP contribution in [-0.4, -0.2) is 41.4 Å². The van der Waals surface area contributed by atoms with Crippen LogP contribution in [0.4, 0.5) is 0 Å². The van der Waals surface area contributed by atoms with Crippen LogP contribution in [0.5, 0.6) is 0 Å². The predicted molar refractivity (Wildman–Crippen MR) is 118 cm³/mol. The first-order chi connectivity index (χ1) is 14.1. The molecule has 11 atom stereocenters. The van der Waals surface area contributed by atoms with Crippen LogP contribution in [0.15, 0.2) is 0 Å². The van der Waals surface area contributed by atoms with Crippen LogP contribution >= 0.6 is 0 Å². The summed E-state index contributed by atoms with van der Waals surface area (Å²) in [7, 11) is 1.87. The van der Waals surface area contributed by atoms with Crippen molar-refractivity contribution in [2.75, 3.05) is 7.11 Å². The average Bonchev–Trinajstić information content (AvgIpc) is 3.06. The molecule has 30 heavy (non-hydrogen) atoms. The van der Waals surface area contributed by atoms with Crippen molar-refractivity contribution in [1.82, 2.24) is 0 Å². The van der Waals surface area contributed by atoms with Gasteiger partial charge >= 0.3 is 0 Å². The molecule has 4 fully saturated rings. The van der Waals surface area contributed by atoms with E-state index in [1.807, 2.05) is 7.11 Å². The Labute approximate surface area is 183 Å². The number of aliphatic hydroxyl groups is 2. The Hall–Kier alpha value is -0.450. The van der Waals surface area contributed by atoms with Gasteiger partial charge in [-0.25, -0.2) is 0 Å². The fraction of sp³-hybridized carbons (Fsp3) is 0.962. The standard InChI is InChI=1S/C26H44O4/c1-15(6-7-16(2)27)19-8-9-20-24-21(14-23(29)26(19,20)4)25(3)11-10-18(28)12-17(25)13-22(24)30-5/h15,17-24,28-29H,6-14H2,1-5H3. The lowest BCUT2D eigenvalue weighted by atomic mass is 9.43. The molecule has 0 bridgehead atoms. The molecule has 0 aromatic carbocycles. The van der Waals surface area contributed by atoms with Gasteiger partial charge in [0.15, 0.2) is 0 Å². The Morgan fingerprint density at radius 1 is 1.10 bits per heavy atom. The molecule has 0 heterocycles. The van der Waals surface area contributed by atoms with Crippen molar-refractivity contribution in [1.29, 1.82) is 0 Å². The molecule has 4 nitrogen and oxygen atoms in total. The Balaban J connectivity index is 1.63. The maximum Gasteiger partial charge on any atom is 0.129 e. The second-order valence-corrected chi connectivity index (χ2v) is 12.0. The van der Waals surface area contributed by atoms with Gasteiger partial charge in [0.25, 0.3) is 0 Å². The minimum Gasteiger partial charge on any atom is -0.393 e. The lowest BCUT2D eigenvalue weighted by Gasteiger charge is -2.64. The zero-order valence-electron chi connectivity index (χ0n) is 19.8. The summed E-state index contributed by atoms with van der Waals surface area (Å²) in [4.78, 5) is 11.6. The molecule has 0 saturated heterocycles. The third-order valence-electron chi connectivity index (χ3n) is 10.8. The smallest absolute Gasteiger partial charge is 0.129 e. The minimum atomic E-state index is -0.282. The Bertz CT molecular complexity index is 649. The average molecular weight is 421 g/mol. The summed E-state index contributed by atoms with van der Waals surface area (Å²) >= 11 is 0. The van der Waals surface area contributed by atoms with E-state index in [1.54, 1.807) is 6.92 Å². The van der Waals surface area contributed by atoms with Gasteiger partial charge < -0.3 is 19.7 Å². The highest BCUT2D eigenvalue weighted by Crippen LogP contribution is 2.68. The molecule has 11 unspecified atom stereocenters. The number of carbonyl (C=O) groups is 1. The van der Waals surface area contributed by atoms with E-state index in [0.29, 0.717) is 41.9 Å². The van der Waals surface area contributed by atoms with Crippen molar-refractivity contribution in [3.8, 4) is 0 Å². The molecule has 0 amide bonds. The van der Waals surface area contributed by atoms with E-state index < -0.39 is 0 Å². The van der Waals surface area contributed by atoms with Crippen LogP contribution in [0.2, 0.25) is 0 Å². The molecular formula is C26H44O4. The molecular weight excluding hydrogens is 376 g/mol. The Morgan fingerprint density at radius 3 is 2.50 bits per heavy atom. The number of carbonyl (C=O) groups excluding carboxylic acids is 1. The summed E-state index contributed by atoms with van der Waals surface area (Å²) in [6.45, 7) is 8.79. The summed E-state index contributed by atoms with van der Waals surface area (Å²) < 4.78 is 6.15. The van der Waals surface area contributed by atoms with Gasteiger partial charge in [-0.1, -0.05) is 20.8 Å². The number of ketones is 1. The summed E-state index contributed by atoms with van der Waals surface area (Å²) in [5, 5.41) is 22.0. The first-order valence-corrected chi connectivity index (χ1v) is 12.5. The van der Waals surface area contributed by atoms with Crippen molar-refractivity contribution in [3.63, 3.8) is 0 Å². The summed E-state index contributed by atoms with van der Waals surface area (Å²) in [6, 6.07) is 0. The molecule has 0 aromatic rings. The maximum atomic E-state index is 11.6. The third kappa shape index (κ3) is 3.40. The largest absolute Gasteiger partial charge is 0.393 e. The van der Waals surface area contributed by atoms with Crippen molar-refractivity contribution < 1.29 is 19.7 Å². The van der Waals surface area contributed by atoms with Crippen LogP contribution in [0.1, 0.15) is 85.5 Å². The van der Waals surface area contributed by atoms with Crippen LogP contribution in [-0.2, 0) is 9.53 Å². The number of aliphatic hydroxyl groups excluding tert-OH is 2. The molecule has 0 aliphatic heterocycles. The van der Waals surface area contributed by atoms with E-state index in [9.17, 15) is 15.0 Å². The van der Waals surface area contributed by atoms with Gasteiger partial charge in [0.2, 0.25) is 0 Å². The number of methoxy groups -OCH3 is 1. The molecule has 4 aliphatic rings. The third-order valence-corrected chi connectivity index (χ3v) is 10.8. The maximum absolute atomic E-state index is 11.6. The molecule has 4 aliphatic carbocycles. The second kappa shape index (κ2) is 8.15. The SMILES string of the molecule is COC1CC2CC(O)CCC2(C)C2CC(O)C3(C)C(C(C)CCC(C)=O)CCC3C12. The van der Waals surface area contributed by atoms with Crippen LogP contribution in [0.25, 0.3) is 0 Å². The lowest BCUT2D eigenvalue weighted by molar-refractivity contribution is -0.212. The van der Waals surface area contributed by atoms with Gasteiger partial charge in [0.1, 0.15) is 5.78 Å². The first-order valence-electron chi connectivity index (χ1n) is 12.5. The number of hydrogen-bond acceptors (Lipinski definition) is 4. The normalized spacial score (nSPS) is 51.6. The quantitative estimate of drug-likeness (QED) is 0.682. The fourth-order valence-corrected chi connectivity index (χ4v) is 8.99. The van der Waals surface area contributed by atoms with E-state index in [2.05, 4.69) is 20.8 Å². The monoisotopic (exact) mass is 420 g/mol. The van der Waals surface area contributed by atoms with Gasteiger partial charge in [0.05, 0.1) is 18.3 Å². The fourth-order valence-electron chi connectivity index (χ4n) is 8.99. The second-order valence-electron chi connectivity index (χ2n) is 12.0. The Morgan fingerprint density at radius 2 is 1.83 bits per heavy atom. The van der Waals surface area contributed by atoms with E-state index >= 15 is 0 Å². The number of fused-ring (bicyclic) bond motifs is 5. The highest BCUT2D eigenvalue weighted by molar-refractivity contribution is 5.75. The van der Waals surface area contributed by atoms with Gasteiger partial charge in [0, 0.05) is 13.5 Å². The van der Waals surface area contributed by atoms with E-state index in [1.165, 1.54) is 6.42 Å². The molecule has 4 heteroatoms. The highest BCUT2D eigenvalue weighted by Gasteiger charge is 2.65. The molecule has 0 radical (unpaired) electrons. The number of Topliss-reactive ketones (excluding diaryl/α,β-unsaturated/α-hetero) is 1. The van der Waals surface area contributed by atoms with Crippen molar-refractivity contribution in [2.45, 2.75) is 104 Å². The van der Waals surface area contributed by atoms with Crippen molar-refractivity contribution >= 4 is 5.78 Å².